The number of carbonyl (C=O) groups excluding carboxylic acids is 1. The number of aryl methyl sites for hydroxylation is 1. The molecule has 3 aromatic heterocycles. The predicted octanol–water partition coefficient (Wildman–Crippen LogP) is 5.61. The van der Waals surface area contributed by atoms with Crippen LogP contribution >= 0.6 is 0 Å². The van der Waals surface area contributed by atoms with Crippen LogP contribution in [0.1, 0.15) is 64.3 Å². The summed E-state index contributed by atoms with van der Waals surface area (Å²) in [6.45, 7) is 13.0. The zero-order valence-corrected chi connectivity index (χ0v) is 22.4. The summed E-state index contributed by atoms with van der Waals surface area (Å²) in [5.41, 5.74) is 6.17. The number of nitrogens with zero attached hydrogens (tertiary/aromatic N) is 4. The number of fused-ring (bicyclic) bond motifs is 3. The molecule has 2 aliphatic heterocycles. The minimum atomic E-state index is -0.241. The number of hydrogen-bond acceptors (Lipinski definition) is 3. The molecule has 4 aromatic rings. The number of H-pyrrole nitrogens is 1. The third-order valence-corrected chi connectivity index (χ3v) is 8.24. The summed E-state index contributed by atoms with van der Waals surface area (Å²) in [6.07, 6.45) is 6.01. The van der Waals surface area contributed by atoms with Gasteiger partial charge in [-0.05, 0) is 56.9 Å². The third-order valence-electron chi connectivity index (χ3n) is 8.24. The second-order valence-electron chi connectivity index (χ2n) is 12.3. The standard InChI is InChI=1S/C30H36N6O/c1-28(2,3)33-27(37)35-13-11-30(19-35)12-14-36-25(30)16-24(34-36)20-15-22-23(18-32-26(22)31-17-20)29(4,5)21-9-7-6-8-10-21/h6-10,15-18H,11-14,19H2,1-5H3,(H,31,32)(H,33,37). The minimum Gasteiger partial charge on any atom is -0.346 e. The molecule has 6 rings (SSSR count). The van der Waals surface area contributed by atoms with Crippen LogP contribution in [-0.4, -0.2) is 49.3 Å². The van der Waals surface area contributed by atoms with Crippen LogP contribution in [-0.2, 0) is 17.4 Å². The average molecular weight is 497 g/mol. The first-order valence-electron chi connectivity index (χ1n) is 13.2. The number of nitrogens with one attached hydrogen (secondary N) is 2. The molecule has 0 bridgehead atoms. The van der Waals surface area contributed by atoms with Gasteiger partial charge in [-0.3, -0.25) is 4.68 Å². The molecule has 1 spiro atoms. The maximum absolute atomic E-state index is 12.8. The molecular formula is C30H36N6O. The molecule has 1 unspecified atom stereocenters. The van der Waals surface area contributed by atoms with Crippen molar-refractivity contribution in [3.05, 3.63) is 71.7 Å². The fraction of sp³-hybridized carbons (Fsp3) is 0.433. The van der Waals surface area contributed by atoms with Crippen LogP contribution in [0.3, 0.4) is 0 Å². The highest BCUT2D eigenvalue weighted by atomic mass is 16.2. The van der Waals surface area contributed by atoms with Crippen LogP contribution in [0.15, 0.2) is 54.9 Å². The van der Waals surface area contributed by atoms with Crippen LogP contribution in [0, 0.1) is 0 Å². The fourth-order valence-corrected chi connectivity index (χ4v) is 6.13. The SMILES string of the molecule is CC(C)(C)NC(=O)N1CCC2(CCn3nc(-c4cnc5[nH]cc(C(C)(C)c6ccccc6)c5c4)cc32)C1. The second kappa shape index (κ2) is 8.20. The zero-order valence-electron chi connectivity index (χ0n) is 22.4. The van der Waals surface area contributed by atoms with Crippen LogP contribution in [0.5, 0.6) is 0 Å². The molecule has 0 radical (unpaired) electrons. The molecule has 2 amide bonds. The number of aromatic nitrogens is 4. The predicted molar refractivity (Wildman–Crippen MR) is 147 cm³/mol. The Morgan fingerprint density at radius 2 is 1.81 bits per heavy atom. The number of amides is 2. The Bertz CT molecular complexity index is 1480. The molecule has 1 fully saturated rings. The van der Waals surface area contributed by atoms with Gasteiger partial charge in [-0.2, -0.15) is 5.10 Å². The van der Waals surface area contributed by atoms with Gasteiger partial charge in [-0.25, -0.2) is 9.78 Å². The molecule has 5 heterocycles. The Balaban J connectivity index is 1.31. The average Bonchev–Trinajstić information content (AvgIpc) is 3.63. The highest BCUT2D eigenvalue weighted by Crippen LogP contribution is 2.44. The molecule has 2 N–H and O–H groups in total. The summed E-state index contributed by atoms with van der Waals surface area (Å²) in [4.78, 5) is 22.9. The molecule has 7 heteroatoms. The molecule has 1 saturated heterocycles. The van der Waals surface area contributed by atoms with Crippen LogP contribution < -0.4 is 5.32 Å². The van der Waals surface area contributed by atoms with E-state index in [4.69, 9.17) is 10.1 Å². The molecule has 1 aromatic carbocycles. The number of pyridine rings is 1. The lowest BCUT2D eigenvalue weighted by atomic mass is 9.78. The van der Waals surface area contributed by atoms with Gasteiger partial charge in [0.2, 0.25) is 0 Å². The second-order valence-corrected chi connectivity index (χ2v) is 12.3. The van der Waals surface area contributed by atoms with Gasteiger partial charge in [0.15, 0.2) is 0 Å². The van der Waals surface area contributed by atoms with Gasteiger partial charge < -0.3 is 15.2 Å². The van der Waals surface area contributed by atoms with Gasteiger partial charge in [-0.15, -0.1) is 0 Å². The summed E-state index contributed by atoms with van der Waals surface area (Å²) in [5, 5.41) is 9.24. The molecule has 0 aliphatic carbocycles. The largest absolute Gasteiger partial charge is 0.346 e. The summed E-state index contributed by atoms with van der Waals surface area (Å²) >= 11 is 0. The zero-order chi connectivity index (χ0) is 26.0. The Morgan fingerprint density at radius 1 is 1.05 bits per heavy atom. The maximum Gasteiger partial charge on any atom is 0.317 e. The van der Waals surface area contributed by atoms with Crippen molar-refractivity contribution in [1.29, 1.82) is 0 Å². The molecule has 192 valence electrons. The van der Waals surface area contributed by atoms with Crippen molar-refractivity contribution in [2.24, 2.45) is 0 Å². The first-order chi connectivity index (χ1) is 17.6. The molecular weight excluding hydrogens is 460 g/mol. The maximum atomic E-state index is 12.8. The number of benzene rings is 1. The van der Waals surface area contributed by atoms with Crippen molar-refractivity contribution in [3.8, 4) is 11.3 Å². The van der Waals surface area contributed by atoms with Crippen molar-refractivity contribution in [2.45, 2.75) is 70.4 Å². The van der Waals surface area contributed by atoms with Crippen LogP contribution in [0.4, 0.5) is 4.79 Å². The van der Waals surface area contributed by atoms with E-state index >= 15 is 0 Å². The Kier molecular flexibility index (Phi) is 5.27. The van der Waals surface area contributed by atoms with E-state index in [0.29, 0.717) is 0 Å². The number of likely N-dealkylation sites (tertiary alicyclic amines) is 1. The lowest BCUT2D eigenvalue weighted by molar-refractivity contribution is 0.196. The molecule has 0 saturated carbocycles. The number of hydrogen-bond donors (Lipinski definition) is 2. The fourth-order valence-electron chi connectivity index (χ4n) is 6.13. The van der Waals surface area contributed by atoms with Crippen LogP contribution in [0.25, 0.3) is 22.3 Å². The Morgan fingerprint density at radius 3 is 2.57 bits per heavy atom. The summed E-state index contributed by atoms with van der Waals surface area (Å²) in [7, 11) is 0. The topological polar surface area (TPSA) is 78.8 Å². The van der Waals surface area contributed by atoms with E-state index in [1.807, 2.05) is 31.9 Å². The monoisotopic (exact) mass is 496 g/mol. The summed E-state index contributed by atoms with van der Waals surface area (Å²) in [5.74, 6) is 0. The molecule has 2 aliphatic rings. The molecule has 37 heavy (non-hydrogen) atoms. The van der Waals surface area contributed by atoms with E-state index in [0.717, 1.165) is 54.8 Å². The van der Waals surface area contributed by atoms with E-state index in [2.05, 4.69) is 77.5 Å². The van der Waals surface area contributed by atoms with Gasteiger partial charge in [0, 0.05) is 65.0 Å². The number of rotatable bonds is 3. The molecule has 7 nitrogen and oxygen atoms in total. The third kappa shape index (κ3) is 4.01. The number of aromatic amines is 1. The smallest absolute Gasteiger partial charge is 0.317 e. The van der Waals surface area contributed by atoms with Gasteiger partial charge in [0.25, 0.3) is 0 Å². The number of carbonyl (C=O) groups is 1. The van der Waals surface area contributed by atoms with E-state index in [-0.39, 0.29) is 22.4 Å². The first-order valence-corrected chi connectivity index (χ1v) is 13.2. The van der Waals surface area contributed by atoms with Gasteiger partial charge in [0.05, 0.1) is 5.69 Å². The van der Waals surface area contributed by atoms with Gasteiger partial charge in [-0.1, -0.05) is 44.2 Å². The minimum absolute atomic E-state index is 0.0213. The summed E-state index contributed by atoms with van der Waals surface area (Å²) < 4.78 is 2.15. The van der Waals surface area contributed by atoms with Crippen molar-refractivity contribution in [1.82, 2.24) is 30.0 Å². The van der Waals surface area contributed by atoms with E-state index in [9.17, 15) is 4.79 Å². The first kappa shape index (κ1) is 23.8. The molecule has 1 atom stereocenters. The van der Waals surface area contributed by atoms with E-state index in [1.54, 1.807) is 0 Å². The van der Waals surface area contributed by atoms with E-state index < -0.39 is 0 Å². The van der Waals surface area contributed by atoms with Crippen molar-refractivity contribution in [3.63, 3.8) is 0 Å². The van der Waals surface area contributed by atoms with E-state index in [1.165, 1.54) is 16.8 Å². The quantitative estimate of drug-likeness (QED) is 0.387. The lowest BCUT2D eigenvalue weighted by Crippen LogP contribution is -2.48. The Labute approximate surface area is 218 Å². The summed E-state index contributed by atoms with van der Waals surface area (Å²) in [6, 6.07) is 15.1. The lowest BCUT2D eigenvalue weighted by Gasteiger charge is -2.27. The van der Waals surface area contributed by atoms with Crippen LogP contribution in [0.2, 0.25) is 0 Å². The van der Waals surface area contributed by atoms with Crippen molar-refractivity contribution < 1.29 is 4.79 Å². The van der Waals surface area contributed by atoms with Crippen molar-refractivity contribution in [2.75, 3.05) is 13.1 Å². The van der Waals surface area contributed by atoms with Crippen molar-refractivity contribution >= 4 is 17.1 Å². The highest BCUT2D eigenvalue weighted by molar-refractivity contribution is 5.85. The normalized spacial score (nSPS) is 19.6. The van der Waals surface area contributed by atoms with Gasteiger partial charge >= 0.3 is 6.03 Å². The Hall–Kier alpha value is -3.61. The highest BCUT2D eigenvalue weighted by Gasteiger charge is 2.47. The van der Waals surface area contributed by atoms with Gasteiger partial charge in [0.1, 0.15) is 5.65 Å². The number of urea groups is 1.